The summed E-state index contributed by atoms with van der Waals surface area (Å²) in [4.78, 5) is 99.3. The van der Waals surface area contributed by atoms with Crippen molar-refractivity contribution >= 4 is 82.8 Å². The number of H-pyrrole nitrogens is 2. The van der Waals surface area contributed by atoms with Crippen LogP contribution < -0.4 is 16.8 Å². The molecule has 1 aliphatic rings. The van der Waals surface area contributed by atoms with E-state index in [1.54, 1.807) is 58.0 Å². The zero-order chi connectivity index (χ0) is 83.2. The van der Waals surface area contributed by atoms with Crippen molar-refractivity contribution in [2.45, 2.75) is 211 Å². The van der Waals surface area contributed by atoms with Crippen molar-refractivity contribution in [3.8, 4) is 11.5 Å². The lowest BCUT2D eigenvalue weighted by molar-refractivity contribution is -0.139. The SMILES string of the molecule is CCC(C)C(N=C(O)C(Cc1ccc(O)cc1)N=C(O)C(N=C(O)C(CCCNC(=N)N)N=C(O)C(N)CC(=O)O)C(C)C)C(O)=NC(Cc1cnc[nH]1)C(=O)N1CCCC1C(O)=NC(Cc1ccccc1)C(O)=NC(Cc1cnc[nH]1)C(O)=NC(CC(C)C)C(O)=NC(CC(C)C)C(O)=NC(Cc1ccc(O)cc1)C(=O)O. The second kappa shape index (κ2) is 44.2. The fraction of sp³-hybridized carbons (Fsp3) is 0.506. The van der Waals surface area contributed by atoms with Crippen LogP contribution in [-0.4, -0.2) is 265 Å². The number of guanidine groups is 1. The van der Waals surface area contributed by atoms with Gasteiger partial charge >= 0.3 is 11.9 Å². The Labute approximate surface area is 654 Å². The van der Waals surface area contributed by atoms with Gasteiger partial charge < -0.3 is 103 Å². The standard InChI is InChI=1S/C77H109N19O17/c1-9-44(8)64(95-71(107)57(32-46-19-23-50(97)24-20-46)91-73(109)63(43(6)7)94-66(102)53(17-13-27-83-77(79)80)86-65(101)52(78)36-62(99)100)74(110)92-59(35-49-38-82-40-85-49)75(111)96-28-14-18-61(96)72(108)90-56(31-45-15-11-10-12-16-45)69(105)89-58(34-48-37-81-39-84-48)70(106)88-54(29-41(2)3)67(103)87-55(30-42(4)5)68(104)93-60(76(112)113)33-47-21-25-51(98)26-22-47/h10-12,15-16,19-26,37-44,52-61,63-64,97-98H,9,13-14,17-18,27-36,78H2,1-8H3,(H,81,84)(H,82,85)(H,86,101)(H,87,103)(H,88,106)(H,89,105)(H,90,108)(H,91,109)(H,92,110)(H,93,104)(H,94,102)(H,95,107)(H,99,100)(H,112,113)(H4,79,80,83). The maximum Gasteiger partial charge on any atom is 0.328 e. The predicted molar refractivity (Wildman–Crippen MR) is 432 cm³/mol. The van der Waals surface area contributed by atoms with E-state index < -0.39 is 168 Å². The highest BCUT2D eigenvalue weighted by Crippen LogP contribution is 2.26. The Kier molecular flexibility index (Phi) is 35.1. The highest BCUT2D eigenvalue weighted by molar-refractivity contribution is 5.96. The molecule has 36 nitrogen and oxygen atoms in total. The minimum Gasteiger partial charge on any atom is -0.508 e. The highest BCUT2D eigenvalue weighted by Gasteiger charge is 2.39. The summed E-state index contributed by atoms with van der Waals surface area (Å²) in [6.45, 7) is 14.2. The topological polar surface area (TPSA) is 607 Å². The van der Waals surface area contributed by atoms with Crippen molar-refractivity contribution in [2.75, 3.05) is 13.1 Å². The lowest BCUT2D eigenvalue weighted by Gasteiger charge is -2.28. The maximum atomic E-state index is 15.3. The van der Waals surface area contributed by atoms with Gasteiger partial charge in [-0.3, -0.25) is 15.0 Å². The molecule has 614 valence electrons. The molecule has 0 saturated carbocycles. The molecule has 113 heavy (non-hydrogen) atoms. The first-order valence-corrected chi connectivity index (χ1v) is 37.4. The van der Waals surface area contributed by atoms with E-state index in [4.69, 9.17) is 16.9 Å². The molecule has 0 spiro atoms. The van der Waals surface area contributed by atoms with Crippen LogP contribution in [0.15, 0.2) is 154 Å². The number of likely N-dealkylation sites (tertiary alicyclic amines) is 1. The first kappa shape index (κ1) is 89.9. The summed E-state index contributed by atoms with van der Waals surface area (Å²) in [5.41, 5.74) is 13.7. The Hall–Kier alpha value is -12.0. The number of carbonyl (C=O) groups excluding carboxylic acids is 1. The van der Waals surface area contributed by atoms with Gasteiger partial charge in [-0.25, -0.2) is 64.7 Å². The van der Waals surface area contributed by atoms with E-state index in [-0.39, 0.29) is 107 Å². The molecule has 0 bridgehead atoms. The van der Waals surface area contributed by atoms with Gasteiger partial charge in [0.05, 0.1) is 25.1 Å². The quantitative estimate of drug-likeness (QED) is 0.00990. The number of phenolic OH excluding ortho intramolecular Hbond substituents is 2. The van der Waals surface area contributed by atoms with Crippen molar-refractivity contribution in [3.05, 3.63) is 132 Å². The Bertz CT molecular complexity index is 4180. The number of aromatic nitrogens is 4. The summed E-state index contributed by atoms with van der Waals surface area (Å²) in [6.07, 6.45) is 5.22. The lowest BCUT2D eigenvalue weighted by atomic mass is 9.98. The Morgan fingerprint density at radius 3 is 1.44 bits per heavy atom. The second-order valence-electron chi connectivity index (χ2n) is 29.0. The summed E-state index contributed by atoms with van der Waals surface area (Å²) in [5.74, 6) is -12.6. The number of aromatic hydroxyl groups is 2. The number of hydrogen-bond acceptors (Lipinski definition) is 19. The zero-order valence-corrected chi connectivity index (χ0v) is 64.6. The number of aliphatic hydroxyl groups excluding tert-OH is 10. The van der Waals surface area contributed by atoms with Gasteiger partial charge in [0, 0.05) is 69.0 Å². The third kappa shape index (κ3) is 29.3. The van der Waals surface area contributed by atoms with E-state index in [9.17, 15) is 81.1 Å². The number of benzene rings is 3. The Morgan fingerprint density at radius 1 is 0.531 bits per heavy atom. The molecule has 2 aromatic heterocycles. The van der Waals surface area contributed by atoms with Gasteiger partial charge in [0.25, 0.3) is 0 Å². The average molecular weight is 1570 g/mol. The molecule has 13 unspecified atom stereocenters. The van der Waals surface area contributed by atoms with Crippen LogP contribution in [0.1, 0.15) is 135 Å². The van der Waals surface area contributed by atoms with E-state index in [1.807, 2.05) is 27.7 Å². The van der Waals surface area contributed by atoms with Gasteiger partial charge in [0.15, 0.2) is 17.9 Å². The number of nitrogens with one attached hydrogen (secondary N) is 4. The molecule has 1 amide bonds. The van der Waals surface area contributed by atoms with Crippen molar-refractivity contribution in [3.63, 3.8) is 0 Å². The number of aliphatic hydroxyl groups is 10. The molecule has 0 aliphatic carbocycles. The fourth-order valence-corrected chi connectivity index (χ4v) is 12.2. The van der Waals surface area contributed by atoms with Crippen LogP contribution in [0, 0.1) is 29.1 Å². The number of carboxylic acid groups (broad SMARTS) is 2. The smallest absolute Gasteiger partial charge is 0.328 e. The molecule has 1 saturated heterocycles. The minimum absolute atomic E-state index is 0.0308. The predicted octanol–water partition coefficient (Wildman–Crippen LogP) is 8.24. The average Bonchev–Trinajstić information content (AvgIpc) is 1.74. The summed E-state index contributed by atoms with van der Waals surface area (Å²) >= 11 is 0. The molecule has 6 rings (SSSR count). The Morgan fingerprint density at radius 2 is 0.956 bits per heavy atom. The van der Waals surface area contributed by atoms with Crippen molar-refractivity contribution in [2.24, 2.45) is 85.1 Å². The lowest BCUT2D eigenvalue weighted by Crippen LogP contribution is -2.46. The number of carbonyl (C=O) groups is 3. The Balaban J connectivity index is 1.39. The number of nitrogens with two attached hydrogens (primary N) is 2. The summed E-state index contributed by atoms with van der Waals surface area (Å²) < 4.78 is 0. The molecule has 36 heteroatoms. The van der Waals surface area contributed by atoms with Gasteiger partial charge in [0.2, 0.25) is 59.0 Å². The van der Waals surface area contributed by atoms with Crippen LogP contribution in [0.4, 0.5) is 0 Å². The van der Waals surface area contributed by atoms with Crippen molar-refractivity contribution in [1.82, 2.24) is 30.2 Å². The van der Waals surface area contributed by atoms with Gasteiger partial charge in [-0.1, -0.05) is 116 Å². The second-order valence-corrected chi connectivity index (χ2v) is 29.0. The molecule has 13 atom stereocenters. The first-order chi connectivity index (χ1) is 53.6. The molecule has 1 aliphatic heterocycles. The summed E-state index contributed by atoms with van der Waals surface area (Å²) in [6, 6.07) is 3.77. The van der Waals surface area contributed by atoms with Crippen molar-refractivity contribution in [1.29, 1.82) is 5.41 Å². The molecule has 3 aromatic carbocycles. The van der Waals surface area contributed by atoms with Gasteiger partial charge in [0.1, 0.15) is 71.9 Å². The van der Waals surface area contributed by atoms with E-state index in [2.05, 4.69) is 75.2 Å². The number of imidazole rings is 2. The number of rotatable bonds is 45. The zero-order valence-electron chi connectivity index (χ0n) is 64.6. The molecule has 22 N–H and O–H groups in total. The third-order valence-corrected chi connectivity index (χ3v) is 18.4. The summed E-state index contributed by atoms with van der Waals surface area (Å²) in [5, 5.41) is 169. The normalized spacial score (nSPS) is 18.1. The molecule has 0 radical (unpaired) electrons. The van der Waals surface area contributed by atoms with E-state index in [0.717, 1.165) is 0 Å². The number of nitrogens with zero attached hydrogens (tertiary/aromatic N) is 13. The number of aliphatic imine (C=N–C) groups is 10. The van der Waals surface area contributed by atoms with Crippen LogP contribution in [0.5, 0.6) is 11.5 Å². The first-order valence-electron chi connectivity index (χ1n) is 37.4. The van der Waals surface area contributed by atoms with Crippen molar-refractivity contribution < 1.29 is 85.9 Å². The number of amides is 1. The third-order valence-electron chi connectivity index (χ3n) is 18.4. The van der Waals surface area contributed by atoms with Crippen LogP contribution in [-0.2, 0) is 46.5 Å². The van der Waals surface area contributed by atoms with E-state index in [0.29, 0.717) is 40.9 Å². The number of carboxylic acids is 2. The van der Waals surface area contributed by atoms with Crippen LogP contribution in [0.3, 0.4) is 0 Å². The molecular formula is C77H109N19O17. The highest BCUT2D eigenvalue weighted by atomic mass is 16.4. The van der Waals surface area contributed by atoms with Crippen LogP contribution in [0.2, 0.25) is 0 Å². The van der Waals surface area contributed by atoms with Gasteiger partial charge in [-0.2, -0.15) is 0 Å². The number of aliphatic carboxylic acids is 2. The number of phenols is 2. The van der Waals surface area contributed by atoms with Gasteiger partial charge in [-0.05, 0) is 103 Å². The van der Waals surface area contributed by atoms with Crippen LogP contribution in [0.25, 0.3) is 0 Å². The van der Waals surface area contributed by atoms with E-state index >= 15 is 4.79 Å². The molecule has 3 heterocycles. The number of hydrogen-bond donors (Lipinski definition) is 20. The molecular weight excluding hydrogens is 1460 g/mol. The molecule has 1 fully saturated rings. The summed E-state index contributed by atoms with van der Waals surface area (Å²) in [7, 11) is 0. The van der Waals surface area contributed by atoms with Crippen LogP contribution >= 0.6 is 0 Å². The maximum absolute atomic E-state index is 15.3. The van der Waals surface area contributed by atoms with Gasteiger partial charge in [-0.15, -0.1) is 0 Å². The van der Waals surface area contributed by atoms with E-state index in [1.165, 1.54) is 78.5 Å². The minimum atomic E-state index is -1.49. The molecule has 5 aromatic rings. The fourth-order valence-electron chi connectivity index (χ4n) is 12.2. The largest absolute Gasteiger partial charge is 0.508 e. The monoisotopic (exact) mass is 1570 g/mol. The number of aromatic amines is 2.